The van der Waals surface area contributed by atoms with Crippen molar-refractivity contribution in [2.24, 2.45) is 11.8 Å². The highest BCUT2D eigenvalue weighted by atomic mass is 15.0. The second-order valence-electron chi connectivity index (χ2n) is 6.01. The second-order valence-corrected chi connectivity index (χ2v) is 6.01. The summed E-state index contributed by atoms with van der Waals surface area (Å²) >= 11 is 0. The zero-order chi connectivity index (χ0) is 11.4. The summed E-state index contributed by atoms with van der Waals surface area (Å²) in [6, 6.07) is 1.45. The average Bonchev–Trinajstić information content (AvgIpc) is 3.11. The van der Waals surface area contributed by atoms with Gasteiger partial charge in [-0.1, -0.05) is 13.3 Å². The van der Waals surface area contributed by atoms with Crippen molar-refractivity contribution in [2.75, 3.05) is 13.1 Å². The molecule has 0 bridgehead atoms. The third-order valence-electron chi connectivity index (χ3n) is 4.27. The minimum Gasteiger partial charge on any atom is -0.314 e. The predicted octanol–water partition coefficient (Wildman–Crippen LogP) is 2.54. The summed E-state index contributed by atoms with van der Waals surface area (Å²) in [4.78, 5) is 0. The molecule has 1 saturated carbocycles. The molecule has 3 atom stereocenters. The number of hydrogen-bond donors (Lipinski definition) is 2. The van der Waals surface area contributed by atoms with E-state index in [9.17, 15) is 0 Å². The fraction of sp³-hybridized carbons (Fsp3) is 1.00. The lowest BCUT2D eigenvalue weighted by Gasteiger charge is -2.27. The molecule has 1 aliphatic heterocycles. The first kappa shape index (κ1) is 12.4. The maximum atomic E-state index is 3.71. The summed E-state index contributed by atoms with van der Waals surface area (Å²) < 4.78 is 0. The van der Waals surface area contributed by atoms with Crippen molar-refractivity contribution >= 4 is 0 Å². The Morgan fingerprint density at radius 2 is 2.00 bits per heavy atom. The fourth-order valence-electron chi connectivity index (χ4n) is 2.85. The molecule has 0 spiro atoms. The van der Waals surface area contributed by atoms with Crippen LogP contribution in [-0.2, 0) is 0 Å². The average molecular weight is 224 g/mol. The molecule has 1 heterocycles. The Labute approximate surface area is 101 Å². The van der Waals surface area contributed by atoms with Crippen LogP contribution >= 0.6 is 0 Å². The highest BCUT2D eigenvalue weighted by Gasteiger charge is 2.27. The van der Waals surface area contributed by atoms with E-state index in [1.165, 1.54) is 51.6 Å². The molecule has 0 aromatic heterocycles. The van der Waals surface area contributed by atoms with Gasteiger partial charge in [0, 0.05) is 12.1 Å². The van der Waals surface area contributed by atoms with Crippen LogP contribution in [0, 0.1) is 11.8 Å². The van der Waals surface area contributed by atoms with E-state index in [0.717, 1.165) is 17.9 Å². The molecule has 0 aromatic rings. The molecule has 0 aromatic carbocycles. The maximum Gasteiger partial charge on any atom is 0.00817 e. The Morgan fingerprint density at radius 3 is 2.62 bits per heavy atom. The Morgan fingerprint density at radius 1 is 1.19 bits per heavy atom. The second kappa shape index (κ2) is 6.02. The summed E-state index contributed by atoms with van der Waals surface area (Å²) in [7, 11) is 0. The minimum absolute atomic E-state index is 0.678. The van der Waals surface area contributed by atoms with Crippen LogP contribution in [0.4, 0.5) is 0 Å². The third-order valence-corrected chi connectivity index (χ3v) is 4.27. The molecule has 2 aliphatic rings. The topological polar surface area (TPSA) is 24.1 Å². The molecule has 1 saturated heterocycles. The Balaban J connectivity index is 1.57. The fourth-order valence-corrected chi connectivity index (χ4v) is 2.85. The highest BCUT2D eigenvalue weighted by Crippen LogP contribution is 2.36. The lowest BCUT2D eigenvalue weighted by molar-refractivity contribution is 0.332. The molecule has 1 aliphatic carbocycles. The van der Waals surface area contributed by atoms with Crippen molar-refractivity contribution in [1.29, 1.82) is 0 Å². The first-order chi connectivity index (χ1) is 7.75. The highest BCUT2D eigenvalue weighted by molar-refractivity contribution is 4.82. The normalized spacial score (nSPS) is 30.0. The molecule has 2 nitrogen and oxygen atoms in total. The predicted molar refractivity (Wildman–Crippen MR) is 69.6 cm³/mol. The van der Waals surface area contributed by atoms with Crippen molar-refractivity contribution in [2.45, 2.75) is 64.5 Å². The molecule has 94 valence electrons. The maximum absolute atomic E-state index is 3.71. The van der Waals surface area contributed by atoms with E-state index in [1.807, 2.05) is 0 Å². The van der Waals surface area contributed by atoms with Crippen molar-refractivity contribution in [3.05, 3.63) is 0 Å². The molecule has 3 unspecified atom stereocenters. The van der Waals surface area contributed by atoms with Gasteiger partial charge in [0.25, 0.3) is 0 Å². The largest absolute Gasteiger partial charge is 0.314 e. The van der Waals surface area contributed by atoms with Gasteiger partial charge in [-0.2, -0.15) is 0 Å². The van der Waals surface area contributed by atoms with E-state index >= 15 is 0 Å². The van der Waals surface area contributed by atoms with Gasteiger partial charge in [0.1, 0.15) is 0 Å². The summed E-state index contributed by atoms with van der Waals surface area (Å²) in [5.74, 6) is 1.93. The van der Waals surface area contributed by atoms with Crippen LogP contribution in [-0.4, -0.2) is 25.2 Å². The molecule has 0 amide bonds. The van der Waals surface area contributed by atoms with E-state index in [4.69, 9.17) is 0 Å². The van der Waals surface area contributed by atoms with E-state index < -0.39 is 0 Å². The standard InChI is InChI=1S/C14H28N2/c1-11(13-6-7-13)10-16-12(2)9-14-5-3-4-8-15-14/h11-16H,3-10H2,1-2H3. The van der Waals surface area contributed by atoms with Crippen LogP contribution < -0.4 is 10.6 Å². The van der Waals surface area contributed by atoms with E-state index in [2.05, 4.69) is 24.5 Å². The SMILES string of the molecule is CC(CC1CCCCN1)NCC(C)C1CC1. The molecule has 2 rings (SSSR count). The summed E-state index contributed by atoms with van der Waals surface area (Å²) in [6.45, 7) is 7.20. The van der Waals surface area contributed by atoms with Gasteiger partial charge in [-0.05, 0) is 64.0 Å². The van der Waals surface area contributed by atoms with Gasteiger partial charge < -0.3 is 10.6 Å². The van der Waals surface area contributed by atoms with Crippen LogP contribution in [0.2, 0.25) is 0 Å². The van der Waals surface area contributed by atoms with Crippen LogP contribution in [0.3, 0.4) is 0 Å². The first-order valence-corrected chi connectivity index (χ1v) is 7.22. The molecule has 0 radical (unpaired) electrons. The Hall–Kier alpha value is -0.0800. The van der Waals surface area contributed by atoms with Crippen LogP contribution in [0.25, 0.3) is 0 Å². The van der Waals surface area contributed by atoms with Crippen LogP contribution in [0.1, 0.15) is 52.4 Å². The zero-order valence-corrected chi connectivity index (χ0v) is 11.0. The Bertz CT molecular complexity index is 195. The van der Waals surface area contributed by atoms with Gasteiger partial charge in [-0.3, -0.25) is 0 Å². The minimum atomic E-state index is 0.678. The zero-order valence-electron chi connectivity index (χ0n) is 11.0. The van der Waals surface area contributed by atoms with Gasteiger partial charge in [0.2, 0.25) is 0 Å². The van der Waals surface area contributed by atoms with Gasteiger partial charge in [0.15, 0.2) is 0 Å². The Kier molecular flexibility index (Phi) is 4.66. The summed E-state index contributed by atoms with van der Waals surface area (Å²) in [5.41, 5.74) is 0. The quantitative estimate of drug-likeness (QED) is 0.724. The summed E-state index contributed by atoms with van der Waals surface area (Å²) in [6.07, 6.45) is 8.42. The van der Waals surface area contributed by atoms with Gasteiger partial charge in [-0.25, -0.2) is 0 Å². The molecule has 2 N–H and O–H groups in total. The van der Waals surface area contributed by atoms with E-state index in [0.29, 0.717) is 6.04 Å². The number of nitrogens with one attached hydrogen (secondary N) is 2. The smallest absolute Gasteiger partial charge is 0.00817 e. The molecular weight excluding hydrogens is 196 g/mol. The molecular formula is C14H28N2. The van der Waals surface area contributed by atoms with E-state index in [1.54, 1.807) is 0 Å². The van der Waals surface area contributed by atoms with Crippen molar-refractivity contribution < 1.29 is 0 Å². The lowest BCUT2D eigenvalue weighted by atomic mass is 9.98. The van der Waals surface area contributed by atoms with Gasteiger partial charge >= 0.3 is 0 Å². The molecule has 16 heavy (non-hydrogen) atoms. The lowest BCUT2D eigenvalue weighted by Crippen LogP contribution is -2.41. The van der Waals surface area contributed by atoms with Gasteiger partial charge in [-0.15, -0.1) is 0 Å². The number of piperidine rings is 1. The van der Waals surface area contributed by atoms with Crippen molar-refractivity contribution in [3.8, 4) is 0 Å². The first-order valence-electron chi connectivity index (χ1n) is 7.22. The monoisotopic (exact) mass is 224 g/mol. The third kappa shape index (κ3) is 4.06. The molecule has 2 heteroatoms. The van der Waals surface area contributed by atoms with Crippen LogP contribution in [0.15, 0.2) is 0 Å². The van der Waals surface area contributed by atoms with Crippen molar-refractivity contribution in [3.63, 3.8) is 0 Å². The number of hydrogen-bond acceptors (Lipinski definition) is 2. The number of rotatable bonds is 6. The van der Waals surface area contributed by atoms with Crippen molar-refractivity contribution in [1.82, 2.24) is 10.6 Å². The van der Waals surface area contributed by atoms with E-state index in [-0.39, 0.29) is 0 Å². The summed E-state index contributed by atoms with van der Waals surface area (Å²) in [5, 5.41) is 7.34. The van der Waals surface area contributed by atoms with Gasteiger partial charge in [0.05, 0.1) is 0 Å². The molecule has 2 fully saturated rings. The van der Waals surface area contributed by atoms with Crippen LogP contribution in [0.5, 0.6) is 0 Å².